The van der Waals surface area contributed by atoms with Gasteiger partial charge < -0.3 is 15.0 Å². The number of hydrogen-bond acceptors (Lipinski definition) is 5. The van der Waals surface area contributed by atoms with Gasteiger partial charge in [-0.3, -0.25) is 9.59 Å². The zero-order valence-electron chi connectivity index (χ0n) is 23.2. The van der Waals surface area contributed by atoms with E-state index in [1.807, 2.05) is 13.8 Å². The van der Waals surface area contributed by atoms with Gasteiger partial charge in [0.25, 0.3) is 0 Å². The molecule has 2 aromatic rings. The van der Waals surface area contributed by atoms with Gasteiger partial charge in [-0.15, -0.1) is 13.2 Å². The van der Waals surface area contributed by atoms with Crippen LogP contribution in [0, 0.1) is 0 Å². The largest absolute Gasteiger partial charge is 0.573 e. The van der Waals surface area contributed by atoms with Gasteiger partial charge in [0.05, 0.1) is 4.90 Å². The Morgan fingerprint density at radius 2 is 1.46 bits per heavy atom. The maximum Gasteiger partial charge on any atom is 0.573 e. The van der Waals surface area contributed by atoms with Crippen LogP contribution in [-0.2, 0) is 31.6 Å². The Morgan fingerprint density at radius 1 is 0.949 bits per heavy atom. The standard InChI is InChI=1S/C13H15F3N2O4S.C12H17NO.C2H6/c1-10(19)17-6-8-18(9-7-17)23(20,21)12-4-2-11(3-5-12)22-13(14,15)16;1-12(2,3)11-6-4-10(5-7-11)8-13-9-14;1-2/h2-5H,6-9H2,1H3;4-7,9H,8H2,1-3H3,(H,13,14);1-2H3. The lowest BCUT2D eigenvalue weighted by molar-refractivity contribution is -0.274. The van der Waals surface area contributed by atoms with Gasteiger partial charge in [-0.25, -0.2) is 8.42 Å². The minimum atomic E-state index is -4.83. The summed E-state index contributed by atoms with van der Waals surface area (Å²) in [6, 6.07) is 12.4. The van der Waals surface area contributed by atoms with E-state index in [1.165, 1.54) is 21.7 Å². The summed E-state index contributed by atoms with van der Waals surface area (Å²) in [5, 5.41) is 2.64. The zero-order valence-corrected chi connectivity index (χ0v) is 24.0. The van der Waals surface area contributed by atoms with Crippen molar-refractivity contribution in [2.24, 2.45) is 0 Å². The first kappa shape index (κ1) is 33.9. The first-order valence-electron chi connectivity index (χ1n) is 12.5. The maximum atomic E-state index is 12.4. The maximum absolute atomic E-state index is 12.4. The first-order chi connectivity index (χ1) is 18.1. The highest BCUT2D eigenvalue weighted by molar-refractivity contribution is 7.89. The number of benzene rings is 2. The summed E-state index contributed by atoms with van der Waals surface area (Å²) in [7, 11) is -3.81. The molecule has 0 spiro atoms. The SMILES string of the molecule is CC.CC(=O)N1CCN(S(=O)(=O)c2ccc(OC(F)(F)F)cc2)CC1.CC(C)(C)c1ccc(CNC=O)cc1. The molecular formula is C27H38F3N3O5S. The van der Waals surface area contributed by atoms with Crippen LogP contribution >= 0.6 is 0 Å². The second-order valence-electron chi connectivity index (χ2n) is 9.38. The normalized spacial score (nSPS) is 14.2. The van der Waals surface area contributed by atoms with Crippen molar-refractivity contribution in [3.05, 3.63) is 59.7 Å². The Labute approximate surface area is 229 Å². The van der Waals surface area contributed by atoms with E-state index in [9.17, 15) is 31.2 Å². The molecule has 1 aliphatic rings. The number of halogens is 3. The predicted molar refractivity (Wildman–Crippen MR) is 144 cm³/mol. The highest BCUT2D eigenvalue weighted by Gasteiger charge is 2.32. The van der Waals surface area contributed by atoms with Crippen LogP contribution in [0.3, 0.4) is 0 Å². The van der Waals surface area contributed by atoms with Crippen molar-refractivity contribution in [3.8, 4) is 5.75 Å². The molecule has 0 aromatic heterocycles. The summed E-state index contributed by atoms with van der Waals surface area (Å²) in [5.41, 5.74) is 2.63. The highest BCUT2D eigenvalue weighted by Crippen LogP contribution is 2.25. The van der Waals surface area contributed by atoms with Gasteiger partial charge in [-0.1, -0.05) is 58.9 Å². The summed E-state index contributed by atoms with van der Waals surface area (Å²) >= 11 is 0. The predicted octanol–water partition coefficient (Wildman–Crippen LogP) is 4.69. The quantitative estimate of drug-likeness (QED) is 0.506. The van der Waals surface area contributed by atoms with E-state index in [0.717, 1.165) is 36.2 Å². The number of piperazine rings is 1. The van der Waals surface area contributed by atoms with Gasteiger partial charge in [0.2, 0.25) is 22.3 Å². The molecule has 1 fully saturated rings. The molecule has 218 valence electrons. The average Bonchev–Trinajstić information content (AvgIpc) is 2.88. The zero-order chi connectivity index (χ0) is 29.9. The van der Waals surface area contributed by atoms with Crippen LogP contribution in [-0.4, -0.2) is 62.5 Å². The van der Waals surface area contributed by atoms with Crippen molar-refractivity contribution >= 4 is 22.3 Å². The number of alkyl halides is 3. The number of ether oxygens (including phenoxy) is 1. The van der Waals surface area contributed by atoms with Crippen molar-refractivity contribution in [2.75, 3.05) is 26.2 Å². The number of hydrogen-bond donors (Lipinski definition) is 1. The van der Waals surface area contributed by atoms with Gasteiger partial charge in [-0.05, 0) is 40.8 Å². The molecule has 0 atom stereocenters. The van der Waals surface area contributed by atoms with Crippen LogP contribution < -0.4 is 10.1 Å². The third-order valence-corrected chi connectivity index (χ3v) is 7.50. The minimum Gasteiger partial charge on any atom is -0.406 e. The van der Waals surface area contributed by atoms with E-state index < -0.39 is 22.1 Å². The molecule has 1 aliphatic heterocycles. The topological polar surface area (TPSA) is 96.0 Å². The average molecular weight is 574 g/mol. The van der Waals surface area contributed by atoms with Gasteiger partial charge in [-0.2, -0.15) is 4.31 Å². The van der Waals surface area contributed by atoms with Crippen molar-refractivity contribution in [3.63, 3.8) is 0 Å². The summed E-state index contributed by atoms with van der Waals surface area (Å²) < 4.78 is 66.0. The van der Waals surface area contributed by atoms with E-state index in [1.54, 1.807) is 0 Å². The van der Waals surface area contributed by atoms with Crippen LogP contribution in [0.5, 0.6) is 5.75 Å². The number of amides is 2. The molecule has 8 nitrogen and oxygen atoms in total. The molecule has 0 aliphatic carbocycles. The Bertz CT molecular complexity index is 1140. The first-order valence-corrected chi connectivity index (χ1v) is 14.0. The summed E-state index contributed by atoms with van der Waals surface area (Å²) in [6.45, 7) is 13.4. The monoisotopic (exact) mass is 573 g/mol. The number of sulfonamides is 1. The van der Waals surface area contributed by atoms with Crippen LogP contribution in [0.4, 0.5) is 13.2 Å². The Balaban J connectivity index is 0.000000407. The highest BCUT2D eigenvalue weighted by atomic mass is 32.2. The summed E-state index contributed by atoms with van der Waals surface area (Å²) in [4.78, 5) is 22.7. The Kier molecular flexibility index (Phi) is 12.9. The van der Waals surface area contributed by atoms with Crippen LogP contribution in [0.25, 0.3) is 0 Å². The second kappa shape index (κ2) is 14.9. The number of nitrogens with one attached hydrogen (secondary N) is 1. The molecule has 3 rings (SSSR count). The van der Waals surface area contributed by atoms with Crippen molar-refractivity contribution < 1.29 is 35.9 Å². The van der Waals surface area contributed by atoms with Crippen molar-refractivity contribution in [2.45, 2.75) is 64.8 Å². The Hall–Kier alpha value is -3.12. The van der Waals surface area contributed by atoms with E-state index in [2.05, 4.69) is 55.1 Å². The lowest BCUT2D eigenvalue weighted by Gasteiger charge is -2.33. The fourth-order valence-corrected chi connectivity index (χ4v) is 4.91. The lowest BCUT2D eigenvalue weighted by Crippen LogP contribution is -2.49. The lowest BCUT2D eigenvalue weighted by atomic mass is 9.87. The molecule has 1 saturated heterocycles. The third kappa shape index (κ3) is 11.3. The second-order valence-corrected chi connectivity index (χ2v) is 11.3. The number of rotatable bonds is 6. The number of carbonyl (C=O) groups excluding carboxylic acids is 2. The van der Waals surface area contributed by atoms with Crippen molar-refractivity contribution in [1.82, 2.24) is 14.5 Å². The molecule has 0 bridgehead atoms. The summed E-state index contributed by atoms with van der Waals surface area (Å²) in [5.74, 6) is -0.617. The molecular weight excluding hydrogens is 535 g/mol. The Morgan fingerprint density at radius 3 is 1.87 bits per heavy atom. The molecule has 0 saturated carbocycles. The van der Waals surface area contributed by atoms with Crippen LogP contribution in [0.15, 0.2) is 53.4 Å². The number of carbonyl (C=O) groups is 2. The van der Waals surface area contributed by atoms with Gasteiger partial charge in [0.1, 0.15) is 5.75 Å². The molecule has 1 heterocycles. The van der Waals surface area contributed by atoms with Gasteiger partial charge >= 0.3 is 6.36 Å². The molecule has 12 heteroatoms. The fraction of sp³-hybridized carbons (Fsp3) is 0.481. The van der Waals surface area contributed by atoms with E-state index >= 15 is 0 Å². The van der Waals surface area contributed by atoms with E-state index in [4.69, 9.17) is 0 Å². The fourth-order valence-electron chi connectivity index (χ4n) is 3.49. The van der Waals surface area contributed by atoms with E-state index in [-0.39, 0.29) is 42.4 Å². The van der Waals surface area contributed by atoms with Gasteiger partial charge in [0.15, 0.2) is 0 Å². The van der Waals surface area contributed by atoms with E-state index in [0.29, 0.717) is 6.54 Å². The molecule has 2 aromatic carbocycles. The third-order valence-electron chi connectivity index (χ3n) is 5.59. The minimum absolute atomic E-state index is 0.122. The van der Waals surface area contributed by atoms with Crippen LogP contribution in [0.2, 0.25) is 0 Å². The smallest absolute Gasteiger partial charge is 0.406 e. The summed E-state index contributed by atoms with van der Waals surface area (Å²) in [6.07, 6.45) is -4.11. The molecule has 0 radical (unpaired) electrons. The molecule has 2 amide bonds. The molecule has 39 heavy (non-hydrogen) atoms. The molecule has 0 unspecified atom stereocenters. The van der Waals surface area contributed by atoms with Crippen molar-refractivity contribution in [1.29, 1.82) is 0 Å². The number of nitrogens with zero attached hydrogens (tertiary/aromatic N) is 2. The molecule has 1 N–H and O–H groups in total. The van der Waals surface area contributed by atoms with Crippen LogP contribution in [0.1, 0.15) is 52.7 Å². The van der Waals surface area contributed by atoms with Gasteiger partial charge in [0, 0.05) is 39.6 Å².